The van der Waals surface area contributed by atoms with Crippen LogP contribution in [0.2, 0.25) is 0 Å². The molecule has 1 heterocycles. The van der Waals surface area contributed by atoms with Crippen molar-refractivity contribution in [1.82, 2.24) is 4.90 Å². The summed E-state index contributed by atoms with van der Waals surface area (Å²) >= 11 is 3.34. The van der Waals surface area contributed by atoms with Gasteiger partial charge in [0.05, 0.1) is 7.11 Å². The monoisotopic (exact) mass is 341 g/mol. The second kappa shape index (κ2) is 6.74. The van der Waals surface area contributed by atoms with Crippen LogP contribution in [0.1, 0.15) is 12.8 Å². The number of likely N-dealkylation sites (tertiary alicyclic amines) is 1. The Kier molecular flexibility index (Phi) is 5.00. The molecule has 1 fully saturated rings. The third-order valence-electron chi connectivity index (χ3n) is 3.20. The minimum Gasteiger partial charge on any atom is -0.484 e. The SMILES string of the molecule is COC(=O)C1CCCN1C(=O)COc1cccc(Br)c1. The Balaban J connectivity index is 1.93. The number of ether oxygens (including phenoxy) is 2. The van der Waals surface area contributed by atoms with Gasteiger partial charge in [-0.15, -0.1) is 0 Å². The first kappa shape index (κ1) is 14.8. The van der Waals surface area contributed by atoms with Crippen molar-refractivity contribution in [3.05, 3.63) is 28.7 Å². The first-order valence-electron chi connectivity index (χ1n) is 6.37. The minimum atomic E-state index is -0.474. The number of hydrogen-bond acceptors (Lipinski definition) is 4. The van der Waals surface area contributed by atoms with Crippen LogP contribution in [-0.4, -0.2) is 43.1 Å². The van der Waals surface area contributed by atoms with E-state index < -0.39 is 6.04 Å². The fraction of sp³-hybridized carbons (Fsp3) is 0.429. The van der Waals surface area contributed by atoms with Crippen molar-refractivity contribution >= 4 is 27.8 Å². The molecule has 1 aromatic rings. The molecule has 0 radical (unpaired) electrons. The Bertz CT molecular complexity index is 506. The Hall–Kier alpha value is -1.56. The maximum atomic E-state index is 12.1. The molecule has 1 aliphatic heterocycles. The summed E-state index contributed by atoms with van der Waals surface area (Å²) < 4.78 is 11.0. The first-order chi connectivity index (χ1) is 9.61. The second-order valence-corrected chi connectivity index (χ2v) is 5.43. The van der Waals surface area contributed by atoms with Gasteiger partial charge in [0.15, 0.2) is 6.61 Å². The van der Waals surface area contributed by atoms with Gasteiger partial charge in [0.25, 0.3) is 5.91 Å². The van der Waals surface area contributed by atoms with Crippen LogP contribution < -0.4 is 4.74 Å². The highest BCUT2D eigenvalue weighted by Crippen LogP contribution is 2.20. The number of methoxy groups -OCH3 is 1. The molecule has 2 rings (SSSR count). The number of nitrogens with zero attached hydrogens (tertiary/aromatic N) is 1. The summed E-state index contributed by atoms with van der Waals surface area (Å²) in [5, 5.41) is 0. The summed E-state index contributed by atoms with van der Waals surface area (Å²) in [5.74, 6) is 0.0534. The van der Waals surface area contributed by atoms with Crippen LogP contribution >= 0.6 is 15.9 Å². The van der Waals surface area contributed by atoms with E-state index >= 15 is 0 Å². The molecule has 5 nitrogen and oxygen atoms in total. The number of rotatable bonds is 4. The Morgan fingerprint density at radius 3 is 2.95 bits per heavy atom. The maximum absolute atomic E-state index is 12.1. The Morgan fingerprint density at radius 1 is 1.45 bits per heavy atom. The Morgan fingerprint density at radius 2 is 2.25 bits per heavy atom. The zero-order valence-corrected chi connectivity index (χ0v) is 12.8. The van der Waals surface area contributed by atoms with Crippen LogP contribution in [0.25, 0.3) is 0 Å². The number of benzene rings is 1. The van der Waals surface area contributed by atoms with Crippen LogP contribution in [0.3, 0.4) is 0 Å². The van der Waals surface area contributed by atoms with Crippen molar-refractivity contribution in [2.45, 2.75) is 18.9 Å². The van der Waals surface area contributed by atoms with Gasteiger partial charge in [-0.2, -0.15) is 0 Å². The average Bonchev–Trinajstić information content (AvgIpc) is 2.93. The van der Waals surface area contributed by atoms with Crippen molar-refractivity contribution in [3.8, 4) is 5.75 Å². The molecule has 1 unspecified atom stereocenters. The topological polar surface area (TPSA) is 55.8 Å². The summed E-state index contributed by atoms with van der Waals surface area (Å²) in [6.45, 7) is 0.490. The summed E-state index contributed by atoms with van der Waals surface area (Å²) in [4.78, 5) is 25.2. The van der Waals surface area contributed by atoms with Gasteiger partial charge in [0, 0.05) is 11.0 Å². The summed E-state index contributed by atoms with van der Waals surface area (Å²) in [6, 6.07) is 6.80. The number of carbonyl (C=O) groups excluding carboxylic acids is 2. The molecular weight excluding hydrogens is 326 g/mol. The van der Waals surface area contributed by atoms with E-state index in [0.29, 0.717) is 18.7 Å². The largest absolute Gasteiger partial charge is 0.484 e. The number of carbonyl (C=O) groups is 2. The number of esters is 1. The van der Waals surface area contributed by atoms with E-state index in [4.69, 9.17) is 9.47 Å². The summed E-state index contributed by atoms with van der Waals surface area (Å²) in [6.07, 6.45) is 1.46. The highest BCUT2D eigenvalue weighted by Gasteiger charge is 2.34. The second-order valence-electron chi connectivity index (χ2n) is 4.51. The van der Waals surface area contributed by atoms with Crippen LogP contribution in [-0.2, 0) is 14.3 Å². The van der Waals surface area contributed by atoms with Crippen molar-refractivity contribution in [2.24, 2.45) is 0 Å². The van der Waals surface area contributed by atoms with Gasteiger partial charge >= 0.3 is 5.97 Å². The smallest absolute Gasteiger partial charge is 0.328 e. The van der Waals surface area contributed by atoms with Gasteiger partial charge in [-0.3, -0.25) is 4.79 Å². The molecule has 1 aromatic carbocycles. The fourth-order valence-corrected chi connectivity index (χ4v) is 2.61. The number of halogens is 1. The molecule has 0 aromatic heterocycles. The van der Waals surface area contributed by atoms with E-state index in [-0.39, 0.29) is 18.5 Å². The molecule has 1 aliphatic rings. The van der Waals surface area contributed by atoms with Crippen molar-refractivity contribution in [2.75, 3.05) is 20.3 Å². The Labute approximate surface area is 126 Å². The average molecular weight is 342 g/mol. The van der Waals surface area contributed by atoms with Crippen molar-refractivity contribution in [1.29, 1.82) is 0 Å². The van der Waals surface area contributed by atoms with E-state index in [1.54, 1.807) is 12.1 Å². The van der Waals surface area contributed by atoms with Crippen LogP contribution in [0, 0.1) is 0 Å². The van der Waals surface area contributed by atoms with Gasteiger partial charge in [-0.05, 0) is 31.0 Å². The predicted octanol–water partition coefficient (Wildman–Crippen LogP) is 1.99. The molecule has 20 heavy (non-hydrogen) atoms. The molecule has 0 N–H and O–H groups in total. The summed E-state index contributed by atoms with van der Waals surface area (Å²) in [7, 11) is 1.33. The van der Waals surface area contributed by atoms with Gasteiger partial charge in [0.2, 0.25) is 0 Å². The number of hydrogen-bond donors (Lipinski definition) is 0. The standard InChI is InChI=1S/C14H16BrNO4/c1-19-14(18)12-6-3-7-16(12)13(17)9-20-11-5-2-4-10(15)8-11/h2,4-5,8,12H,3,6-7,9H2,1H3. The molecule has 6 heteroatoms. The van der Waals surface area contributed by atoms with Crippen LogP contribution in [0.5, 0.6) is 5.75 Å². The molecule has 1 atom stereocenters. The van der Waals surface area contributed by atoms with E-state index in [0.717, 1.165) is 10.9 Å². The highest BCUT2D eigenvalue weighted by molar-refractivity contribution is 9.10. The van der Waals surface area contributed by atoms with Crippen molar-refractivity contribution in [3.63, 3.8) is 0 Å². The predicted molar refractivity (Wildman–Crippen MR) is 76.4 cm³/mol. The summed E-state index contributed by atoms with van der Waals surface area (Å²) in [5.41, 5.74) is 0. The van der Waals surface area contributed by atoms with Gasteiger partial charge in [0.1, 0.15) is 11.8 Å². The fourth-order valence-electron chi connectivity index (χ4n) is 2.23. The van der Waals surface area contributed by atoms with E-state index in [2.05, 4.69) is 15.9 Å². The zero-order valence-electron chi connectivity index (χ0n) is 11.2. The molecule has 0 saturated carbocycles. The lowest BCUT2D eigenvalue weighted by molar-refractivity contribution is -0.151. The third kappa shape index (κ3) is 3.50. The molecular formula is C14H16BrNO4. The zero-order chi connectivity index (χ0) is 14.5. The van der Waals surface area contributed by atoms with E-state index in [1.807, 2.05) is 12.1 Å². The molecule has 0 aliphatic carbocycles. The minimum absolute atomic E-state index is 0.0794. The molecule has 108 valence electrons. The van der Waals surface area contributed by atoms with Gasteiger partial charge < -0.3 is 14.4 Å². The van der Waals surface area contributed by atoms with E-state index in [9.17, 15) is 9.59 Å². The van der Waals surface area contributed by atoms with Crippen LogP contribution in [0.4, 0.5) is 0 Å². The normalized spacial score (nSPS) is 17.9. The lowest BCUT2D eigenvalue weighted by Gasteiger charge is -2.22. The van der Waals surface area contributed by atoms with Crippen LogP contribution in [0.15, 0.2) is 28.7 Å². The van der Waals surface area contributed by atoms with Gasteiger partial charge in [-0.1, -0.05) is 22.0 Å². The first-order valence-corrected chi connectivity index (χ1v) is 7.17. The maximum Gasteiger partial charge on any atom is 0.328 e. The lowest BCUT2D eigenvalue weighted by atomic mass is 10.2. The lowest BCUT2D eigenvalue weighted by Crippen LogP contribution is -2.43. The quantitative estimate of drug-likeness (QED) is 0.786. The molecule has 1 saturated heterocycles. The number of amides is 1. The van der Waals surface area contributed by atoms with Gasteiger partial charge in [-0.25, -0.2) is 4.79 Å². The molecule has 0 spiro atoms. The molecule has 0 bridgehead atoms. The molecule has 1 amide bonds. The van der Waals surface area contributed by atoms with E-state index in [1.165, 1.54) is 12.0 Å². The highest BCUT2D eigenvalue weighted by atomic mass is 79.9. The van der Waals surface area contributed by atoms with Crippen molar-refractivity contribution < 1.29 is 19.1 Å². The third-order valence-corrected chi connectivity index (χ3v) is 3.70.